The van der Waals surface area contributed by atoms with Crippen LogP contribution < -0.4 is 10.9 Å². The first-order valence-electron chi connectivity index (χ1n) is 9.66. The van der Waals surface area contributed by atoms with Crippen LogP contribution in [0.3, 0.4) is 0 Å². The lowest BCUT2D eigenvalue weighted by atomic mass is 10.1. The molecule has 31 heavy (non-hydrogen) atoms. The Morgan fingerprint density at radius 2 is 1.90 bits per heavy atom. The fourth-order valence-corrected chi connectivity index (χ4v) is 3.74. The van der Waals surface area contributed by atoms with E-state index in [4.69, 9.17) is 9.79 Å². The van der Waals surface area contributed by atoms with Gasteiger partial charge in [-0.25, -0.2) is 4.39 Å². The van der Waals surface area contributed by atoms with E-state index in [1.54, 1.807) is 24.4 Å². The zero-order chi connectivity index (χ0) is 22.5. The maximum absolute atomic E-state index is 13.1. The van der Waals surface area contributed by atoms with Crippen molar-refractivity contribution in [3.63, 3.8) is 0 Å². The predicted octanol–water partition coefficient (Wildman–Crippen LogP) is 2.18. The Morgan fingerprint density at radius 1 is 1.19 bits per heavy atom. The van der Waals surface area contributed by atoms with Crippen molar-refractivity contribution in [2.75, 3.05) is 12.7 Å². The minimum atomic E-state index is -1.96. The molecular formula is C21H23FN3O5P. The van der Waals surface area contributed by atoms with Crippen molar-refractivity contribution in [2.45, 2.75) is 19.3 Å². The van der Waals surface area contributed by atoms with Gasteiger partial charge in [-0.1, -0.05) is 12.1 Å². The number of hydrogen-bond acceptors (Lipinski definition) is 6. The van der Waals surface area contributed by atoms with Gasteiger partial charge in [-0.3, -0.25) is 14.6 Å². The molecule has 0 saturated heterocycles. The van der Waals surface area contributed by atoms with Crippen LogP contribution in [0.2, 0.25) is 0 Å². The number of pyridine rings is 2. The fraction of sp³-hybridized carbons (Fsp3) is 0.286. The summed E-state index contributed by atoms with van der Waals surface area (Å²) in [6.45, 7) is 0.229. The fourth-order valence-electron chi connectivity index (χ4n) is 3.24. The summed E-state index contributed by atoms with van der Waals surface area (Å²) >= 11 is 0. The minimum Gasteiger partial charge on any atom is -0.505 e. The summed E-state index contributed by atoms with van der Waals surface area (Å²) in [5, 5.41) is 13.1. The van der Waals surface area contributed by atoms with Gasteiger partial charge < -0.3 is 24.8 Å². The highest BCUT2D eigenvalue weighted by Crippen LogP contribution is 2.26. The number of nitrogens with one attached hydrogen (secondary N) is 1. The summed E-state index contributed by atoms with van der Waals surface area (Å²) in [6.07, 6.45) is 3.27. The third-order valence-corrected chi connectivity index (χ3v) is 5.60. The van der Waals surface area contributed by atoms with Gasteiger partial charge in [-0.2, -0.15) is 0 Å². The van der Waals surface area contributed by atoms with Crippen molar-refractivity contribution in [3.8, 4) is 5.75 Å². The van der Waals surface area contributed by atoms with Gasteiger partial charge in [-0.05, 0) is 48.6 Å². The number of carbonyl (C=O) groups excluding carboxylic acids is 1. The normalized spacial score (nSPS) is 11.3. The number of aromatic nitrogens is 2. The number of halogens is 1. The predicted molar refractivity (Wildman–Crippen MR) is 116 cm³/mol. The molecule has 1 amide bonds. The third kappa shape index (κ3) is 5.44. The maximum Gasteiger partial charge on any atom is 0.267 e. The Morgan fingerprint density at radius 3 is 2.58 bits per heavy atom. The highest BCUT2D eigenvalue weighted by atomic mass is 31.2. The van der Waals surface area contributed by atoms with E-state index in [0.29, 0.717) is 24.8 Å². The molecule has 0 bridgehead atoms. The van der Waals surface area contributed by atoms with E-state index >= 15 is 0 Å². The number of nitrogens with zero attached hydrogens (tertiary/aromatic N) is 2. The van der Waals surface area contributed by atoms with Crippen molar-refractivity contribution in [1.29, 1.82) is 0 Å². The van der Waals surface area contributed by atoms with Gasteiger partial charge in [0.25, 0.3) is 11.5 Å². The van der Waals surface area contributed by atoms with Gasteiger partial charge in [0.05, 0.1) is 5.52 Å². The van der Waals surface area contributed by atoms with Gasteiger partial charge in [0.1, 0.15) is 16.9 Å². The number of fused-ring (bicyclic) bond motifs is 1. The van der Waals surface area contributed by atoms with Crippen LogP contribution in [0.4, 0.5) is 4.39 Å². The lowest BCUT2D eigenvalue weighted by molar-refractivity contribution is 0.0948. The molecule has 1 aromatic carbocycles. The Labute approximate surface area is 178 Å². The number of amides is 1. The summed E-state index contributed by atoms with van der Waals surface area (Å²) in [7, 11) is -0.467. The molecule has 3 rings (SSSR count). The second-order valence-electron chi connectivity index (χ2n) is 7.16. The van der Waals surface area contributed by atoms with E-state index in [0.717, 1.165) is 11.1 Å². The van der Waals surface area contributed by atoms with Crippen LogP contribution in [0.5, 0.6) is 5.75 Å². The maximum atomic E-state index is 13.1. The molecule has 4 N–H and O–H groups in total. The molecule has 0 aliphatic carbocycles. The molecule has 164 valence electrons. The van der Waals surface area contributed by atoms with Gasteiger partial charge in [0, 0.05) is 26.0 Å². The lowest BCUT2D eigenvalue weighted by Gasteiger charge is -2.12. The van der Waals surface area contributed by atoms with Crippen molar-refractivity contribution >= 4 is 25.3 Å². The van der Waals surface area contributed by atoms with E-state index < -0.39 is 25.6 Å². The van der Waals surface area contributed by atoms with Crippen LogP contribution in [-0.2, 0) is 13.5 Å². The number of aryl methyl sites for hydroxylation is 1. The van der Waals surface area contributed by atoms with E-state index in [1.165, 1.54) is 23.7 Å². The van der Waals surface area contributed by atoms with E-state index in [-0.39, 0.29) is 29.6 Å². The van der Waals surface area contributed by atoms with Gasteiger partial charge >= 0.3 is 0 Å². The van der Waals surface area contributed by atoms with Crippen LogP contribution in [-0.4, -0.2) is 43.1 Å². The molecule has 0 spiro atoms. The minimum absolute atomic E-state index is 0.126. The smallest absolute Gasteiger partial charge is 0.267 e. The Balaban J connectivity index is 1.84. The van der Waals surface area contributed by atoms with E-state index in [9.17, 15) is 19.1 Å². The average molecular weight is 447 g/mol. The summed E-state index contributed by atoms with van der Waals surface area (Å²) in [6, 6.07) is 7.75. The topological polar surface area (TPSA) is 125 Å². The quantitative estimate of drug-likeness (QED) is 0.310. The first-order chi connectivity index (χ1) is 14.8. The Hall–Kier alpha value is -2.87. The number of rotatable bonds is 8. The summed E-state index contributed by atoms with van der Waals surface area (Å²) in [5.74, 6) is -1.53. The molecule has 3 aromatic rings. The molecule has 10 heteroatoms. The van der Waals surface area contributed by atoms with Crippen LogP contribution in [0.25, 0.3) is 11.0 Å². The summed E-state index contributed by atoms with van der Waals surface area (Å²) in [4.78, 5) is 47.2. The molecule has 0 fully saturated rings. The number of hydrogen-bond donors (Lipinski definition) is 4. The first kappa shape index (κ1) is 22.8. The zero-order valence-electron chi connectivity index (χ0n) is 16.9. The lowest BCUT2D eigenvalue weighted by Crippen LogP contribution is -2.33. The largest absolute Gasteiger partial charge is 0.505 e. The Bertz CT molecular complexity index is 1150. The molecule has 0 aliphatic rings. The molecule has 2 aromatic heterocycles. The van der Waals surface area contributed by atoms with E-state index in [1.807, 2.05) is 0 Å². The third-order valence-electron chi connectivity index (χ3n) is 4.88. The van der Waals surface area contributed by atoms with Gasteiger partial charge in [-0.15, -0.1) is 0 Å². The van der Waals surface area contributed by atoms with Gasteiger partial charge in [0.2, 0.25) is 0 Å². The van der Waals surface area contributed by atoms with Crippen LogP contribution in [0, 0.1) is 5.82 Å². The molecule has 0 radical (unpaired) electrons. The number of aromatic hydroxyl groups is 1. The van der Waals surface area contributed by atoms with Crippen molar-refractivity contribution in [1.82, 2.24) is 14.9 Å². The highest BCUT2D eigenvalue weighted by molar-refractivity contribution is 7.45. The monoisotopic (exact) mass is 447 g/mol. The summed E-state index contributed by atoms with van der Waals surface area (Å²) in [5.41, 5.74) is 1.08. The molecule has 8 nitrogen and oxygen atoms in total. The molecule has 0 unspecified atom stereocenters. The molecule has 0 atom stereocenters. The number of benzene rings is 1. The Kier molecular flexibility index (Phi) is 7.33. The molecular weight excluding hydrogens is 424 g/mol. The number of unbranched alkanes of at least 4 members (excludes halogenated alkanes) is 1. The van der Waals surface area contributed by atoms with Gasteiger partial charge in [0.15, 0.2) is 14.1 Å². The first-order valence-corrected chi connectivity index (χ1v) is 11.1. The molecule has 0 aliphatic heterocycles. The van der Waals surface area contributed by atoms with Crippen LogP contribution in [0.1, 0.15) is 34.3 Å². The SMILES string of the molecule is Cn1c(=O)c(C(=O)NCCCCP(O)O)c(O)c2ncc(Cc3ccc(F)cc3)cc21. The van der Waals surface area contributed by atoms with E-state index in [2.05, 4.69) is 10.3 Å². The standard InChI is InChI=1S/C21H23FN3O5P/c1-25-16-11-14(10-13-4-6-15(22)7-5-13)12-24-18(16)19(26)17(21(25)28)20(27)23-8-2-3-9-31(29)30/h4-7,11-12,26,29-30H,2-3,8-10H2,1H3,(H,23,27). The van der Waals surface area contributed by atoms with Crippen LogP contribution >= 0.6 is 8.38 Å². The van der Waals surface area contributed by atoms with Crippen molar-refractivity contribution in [2.24, 2.45) is 7.05 Å². The van der Waals surface area contributed by atoms with Crippen molar-refractivity contribution in [3.05, 3.63) is 69.4 Å². The average Bonchev–Trinajstić information content (AvgIpc) is 2.73. The second-order valence-corrected chi connectivity index (χ2v) is 8.35. The van der Waals surface area contributed by atoms with Crippen LogP contribution in [0.15, 0.2) is 41.3 Å². The second kappa shape index (κ2) is 9.96. The molecule has 2 heterocycles. The van der Waals surface area contributed by atoms with Crippen molar-refractivity contribution < 1.29 is 24.1 Å². The highest BCUT2D eigenvalue weighted by Gasteiger charge is 2.22. The zero-order valence-corrected chi connectivity index (χ0v) is 17.8. The number of carbonyl (C=O) groups is 1. The molecule has 0 saturated carbocycles. The summed E-state index contributed by atoms with van der Waals surface area (Å²) < 4.78 is 14.4.